The first-order chi connectivity index (χ1) is 10.7. The van der Waals surface area contributed by atoms with E-state index < -0.39 is 26.9 Å². The third-order valence-corrected chi connectivity index (χ3v) is 3.33. The lowest BCUT2D eigenvalue weighted by Gasteiger charge is -2.06. The van der Waals surface area contributed by atoms with Gasteiger partial charge in [0.2, 0.25) is 0 Å². The van der Waals surface area contributed by atoms with Crippen molar-refractivity contribution in [2.24, 2.45) is 0 Å². The van der Waals surface area contributed by atoms with E-state index in [4.69, 9.17) is 14.9 Å². The van der Waals surface area contributed by atoms with Crippen molar-refractivity contribution in [2.75, 3.05) is 11.9 Å². The summed E-state index contributed by atoms with van der Waals surface area (Å²) in [4.78, 5) is 21.8. The molecule has 9 nitrogen and oxygen atoms in total. The SMILES string of the molecule is N#C/C(=C/NCCC(=O)O)C(=O)Nc1cccc(S(=O)(=O)O)c1. The number of anilines is 1. The molecule has 1 aromatic rings. The van der Waals surface area contributed by atoms with Crippen LogP contribution in [0.15, 0.2) is 40.9 Å². The molecule has 0 spiro atoms. The molecule has 0 aliphatic rings. The molecule has 0 unspecified atom stereocenters. The second kappa shape index (κ2) is 7.92. The van der Waals surface area contributed by atoms with Crippen LogP contribution in [0.4, 0.5) is 5.69 Å². The van der Waals surface area contributed by atoms with Crippen LogP contribution in [0.1, 0.15) is 6.42 Å². The number of nitrogens with one attached hydrogen (secondary N) is 2. The fraction of sp³-hybridized carbons (Fsp3) is 0.154. The zero-order valence-electron chi connectivity index (χ0n) is 11.7. The number of carboxylic acid groups (broad SMARTS) is 1. The molecule has 1 amide bonds. The van der Waals surface area contributed by atoms with Gasteiger partial charge in [0.1, 0.15) is 11.6 Å². The maximum atomic E-state index is 11.9. The van der Waals surface area contributed by atoms with E-state index in [-0.39, 0.29) is 24.2 Å². The summed E-state index contributed by atoms with van der Waals surface area (Å²) in [7, 11) is -4.41. The quantitative estimate of drug-likeness (QED) is 0.240. The van der Waals surface area contributed by atoms with E-state index >= 15 is 0 Å². The molecular formula is C13H13N3O6S. The van der Waals surface area contributed by atoms with Gasteiger partial charge in [-0.25, -0.2) is 0 Å². The summed E-state index contributed by atoms with van der Waals surface area (Å²) in [5.41, 5.74) is -0.260. The summed E-state index contributed by atoms with van der Waals surface area (Å²) in [6, 6.07) is 6.47. The fourth-order valence-corrected chi connectivity index (χ4v) is 1.96. The molecule has 1 rings (SSSR count). The molecule has 0 fully saturated rings. The second-order valence-corrected chi connectivity index (χ2v) is 5.65. The van der Waals surface area contributed by atoms with Crippen molar-refractivity contribution in [2.45, 2.75) is 11.3 Å². The van der Waals surface area contributed by atoms with Gasteiger partial charge in [0.05, 0.1) is 11.3 Å². The van der Waals surface area contributed by atoms with Crippen molar-refractivity contribution in [3.63, 3.8) is 0 Å². The molecule has 0 saturated carbocycles. The first-order valence-corrected chi connectivity index (χ1v) is 7.62. The van der Waals surface area contributed by atoms with Crippen LogP contribution in [-0.4, -0.2) is 36.5 Å². The number of amides is 1. The van der Waals surface area contributed by atoms with Crippen LogP contribution >= 0.6 is 0 Å². The Kier molecular flexibility index (Phi) is 6.25. The van der Waals surface area contributed by atoms with Crippen molar-refractivity contribution in [3.05, 3.63) is 36.0 Å². The lowest BCUT2D eigenvalue weighted by atomic mass is 10.2. The maximum absolute atomic E-state index is 11.9. The zero-order valence-corrected chi connectivity index (χ0v) is 12.5. The van der Waals surface area contributed by atoms with Crippen LogP contribution in [0.25, 0.3) is 0 Å². The molecule has 0 heterocycles. The van der Waals surface area contributed by atoms with Crippen molar-refractivity contribution in [1.82, 2.24) is 5.32 Å². The molecule has 122 valence electrons. The minimum Gasteiger partial charge on any atom is -0.481 e. The topological polar surface area (TPSA) is 157 Å². The number of carbonyl (C=O) groups excluding carboxylic acids is 1. The highest BCUT2D eigenvalue weighted by atomic mass is 32.2. The number of hydrogen-bond acceptors (Lipinski definition) is 6. The van der Waals surface area contributed by atoms with Gasteiger partial charge in [-0.1, -0.05) is 6.07 Å². The molecule has 0 saturated heterocycles. The average molecular weight is 339 g/mol. The van der Waals surface area contributed by atoms with Gasteiger partial charge in [0, 0.05) is 18.4 Å². The van der Waals surface area contributed by atoms with E-state index in [1.807, 2.05) is 0 Å². The first kappa shape index (κ1) is 18.1. The highest BCUT2D eigenvalue weighted by Crippen LogP contribution is 2.15. The molecular weight excluding hydrogens is 326 g/mol. The zero-order chi connectivity index (χ0) is 17.5. The number of rotatable bonds is 7. The van der Waals surface area contributed by atoms with Crippen LogP contribution in [0, 0.1) is 11.3 Å². The van der Waals surface area contributed by atoms with E-state index in [9.17, 15) is 18.0 Å². The summed E-state index contributed by atoms with van der Waals surface area (Å²) in [6.45, 7) is 0.0338. The molecule has 10 heteroatoms. The summed E-state index contributed by atoms with van der Waals surface area (Å²) >= 11 is 0. The molecule has 0 aliphatic heterocycles. The Labute approximate surface area is 132 Å². The normalized spacial score (nSPS) is 11.4. The Hall–Kier alpha value is -2.90. The largest absolute Gasteiger partial charge is 0.481 e. The predicted molar refractivity (Wildman–Crippen MR) is 78.8 cm³/mol. The lowest BCUT2D eigenvalue weighted by molar-refractivity contribution is -0.136. The predicted octanol–water partition coefficient (Wildman–Crippen LogP) is 0.344. The van der Waals surface area contributed by atoms with Crippen LogP contribution in [0.5, 0.6) is 0 Å². The number of aliphatic carboxylic acids is 1. The average Bonchev–Trinajstić information content (AvgIpc) is 2.46. The van der Waals surface area contributed by atoms with Gasteiger partial charge in [0.25, 0.3) is 16.0 Å². The standard InChI is InChI=1S/C13H13N3O6S/c14-7-9(8-15-5-4-12(17)18)13(19)16-10-2-1-3-11(6-10)23(20,21)22/h1-3,6,8,15H,4-5H2,(H,16,19)(H,17,18)(H,20,21,22)/b9-8-. The first-order valence-electron chi connectivity index (χ1n) is 6.18. The molecule has 0 aliphatic carbocycles. The van der Waals surface area contributed by atoms with Gasteiger partial charge in [-0.3, -0.25) is 14.1 Å². The Morgan fingerprint density at radius 3 is 2.61 bits per heavy atom. The molecule has 1 aromatic carbocycles. The smallest absolute Gasteiger partial charge is 0.305 e. The molecule has 4 N–H and O–H groups in total. The summed E-state index contributed by atoms with van der Waals surface area (Å²) < 4.78 is 31.0. The Morgan fingerprint density at radius 1 is 1.35 bits per heavy atom. The Morgan fingerprint density at radius 2 is 2.04 bits per heavy atom. The molecule has 0 atom stereocenters. The van der Waals surface area contributed by atoms with Crippen molar-refractivity contribution >= 4 is 27.7 Å². The van der Waals surface area contributed by atoms with Gasteiger partial charge in [-0.05, 0) is 18.2 Å². The lowest BCUT2D eigenvalue weighted by Crippen LogP contribution is -2.18. The summed E-state index contributed by atoms with van der Waals surface area (Å²) in [5, 5.41) is 22.2. The fourth-order valence-electron chi connectivity index (χ4n) is 1.43. The third kappa shape index (κ3) is 6.16. The summed E-state index contributed by atoms with van der Waals surface area (Å²) in [5.74, 6) is -1.85. The van der Waals surface area contributed by atoms with Gasteiger partial charge in [-0.2, -0.15) is 13.7 Å². The molecule has 0 radical (unpaired) electrons. The van der Waals surface area contributed by atoms with E-state index in [2.05, 4.69) is 10.6 Å². The Balaban J connectivity index is 2.79. The summed E-state index contributed by atoms with van der Waals surface area (Å²) in [6.07, 6.45) is 0.873. The highest BCUT2D eigenvalue weighted by molar-refractivity contribution is 7.85. The van der Waals surface area contributed by atoms with Gasteiger partial charge < -0.3 is 15.7 Å². The molecule has 0 bridgehead atoms. The second-order valence-electron chi connectivity index (χ2n) is 4.22. The highest BCUT2D eigenvalue weighted by Gasteiger charge is 2.13. The van der Waals surface area contributed by atoms with E-state index in [1.54, 1.807) is 6.07 Å². The number of hydrogen-bond donors (Lipinski definition) is 4. The van der Waals surface area contributed by atoms with Crippen molar-refractivity contribution < 1.29 is 27.7 Å². The minimum absolute atomic E-state index is 0.0338. The Bertz CT molecular complexity index is 779. The van der Waals surface area contributed by atoms with E-state index in [0.717, 1.165) is 18.3 Å². The maximum Gasteiger partial charge on any atom is 0.305 e. The minimum atomic E-state index is -4.41. The van der Waals surface area contributed by atoms with Crippen LogP contribution < -0.4 is 10.6 Å². The third-order valence-electron chi connectivity index (χ3n) is 2.48. The van der Waals surface area contributed by atoms with Crippen LogP contribution in [-0.2, 0) is 19.7 Å². The monoisotopic (exact) mass is 339 g/mol. The van der Waals surface area contributed by atoms with Gasteiger partial charge >= 0.3 is 5.97 Å². The number of nitriles is 1. The van der Waals surface area contributed by atoms with Gasteiger partial charge in [-0.15, -0.1) is 0 Å². The van der Waals surface area contributed by atoms with Crippen LogP contribution in [0.3, 0.4) is 0 Å². The molecule has 0 aromatic heterocycles. The number of benzene rings is 1. The van der Waals surface area contributed by atoms with Crippen molar-refractivity contribution in [3.8, 4) is 6.07 Å². The molecule has 23 heavy (non-hydrogen) atoms. The number of nitrogens with zero attached hydrogens (tertiary/aromatic N) is 1. The number of carboxylic acids is 1. The van der Waals surface area contributed by atoms with E-state index in [0.29, 0.717) is 0 Å². The number of carbonyl (C=O) groups is 2. The van der Waals surface area contributed by atoms with E-state index in [1.165, 1.54) is 12.1 Å². The van der Waals surface area contributed by atoms with Gasteiger partial charge in [0.15, 0.2) is 0 Å². The van der Waals surface area contributed by atoms with Crippen LogP contribution in [0.2, 0.25) is 0 Å². The van der Waals surface area contributed by atoms with Crippen molar-refractivity contribution in [1.29, 1.82) is 5.26 Å².